The molecule has 7 heteroatoms. The monoisotopic (exact) mass is 267 g/mol. The first-order valence-corrected chi connectivity index (χ1v) is 6.28. The molecule has 1 unspecified atom stereocenters. The summed E-state index contributed by atoms with van der Waals surface area (Å²) in [6.07, 6.45) is 3.21. The van der Waals surface area contributed by atoms with Crippen LogP contribution in [0, 0.1) is 0 Å². The number of aliphatic carboxylic acids is 1. The van der Waals surface area contributed by atoms with Crippen LogP contribution in [0.4, 0.5) is 0 Å². The fraction of sp³-hybridized carbons (Fsp3) is 0.583. The fourth-order valence-corrected chi connectivity index (χ4v) is 1.99. The van der Waals surface area contributed by atoms with Crippen LogP contribution in [-0.4, -0.2) is 57.5 Å². The highest BCUT2D eigenvalue weighted by atomic mass is 16.5. The molecule has 1 aromatic heterocycles. The molecule has 0 bridgehead atoms. The van der Waals surface area contributed by atoms with Crippen LogP contribution in [0.2, 0.25) is 0 Å². The molecule has 2 rings (SSSR count). The number of carboxylic acids is 1. The van der Waals surface area contributed by atoms with Gasteiger partial charge in [0.05, 0.1) is 24.9 Å². The Morgan fingerprint density at radius 1 is 1.58 bits per heavy atom. The van der Waals surface area contributed by atoms with E-state index in [1.165, 1.54) is 11.1 Å². The van der Waals surface area contributed by atoms with Gasteiger partial charge in [-0.15, -0.1) is 0 Å². The number of hydrogen-bond acceptors (Lipinski definition) is 4. The molecular formula is C12H17N3O4. The van der Waals surface area contributed by atoms with Crippen LogP contribution in [-0.2, 0) is 16.1 Å². The highest BCUT2D eigenvalue weighted by Crippen LogP contribution is 2.10. The van der Waals surface area contributed by atoms with Gasteiger partial charge in [0.2, 0.25) is 0 Å². The van der Waals surface area contributed by atoms with E-state index in [0.717, 1.165) is 13.0 Å². The summed E-state index contributed by atoms with van der Waals surface area (Å²) >= 11 is 0. The number of nitrogens with zero attached hydrogens (tertiary/aromatic N) is 3. The summed E-state index contributed by atoms with van der Waals surface area (Å²) in [6, 6.07) is 0. The van der Waals surface area contributed by atoms with Crippen molar-refractivity contribution >= 4 is 11.9 Å². The van der Waals surface area contributed by atoms with Crippen LogP contribution in [0.5, 0.6) is 0 Å². The summed E-state index contributed by atoms with van der Waals surface area (Å²) in [7, 11) is 0. The van der Waals surface area contributed by atoms with Crippen LogP contribution in [0.3, 0.4) is 0 Å². The van der Waals surface area contributed by atoms with E-state index >= 15 is 0 Å². The fourth-order valence-electron chi connectivity index (χ4n) is 1.99. The minimum atomic E-state index is -1.04. The number of ether oxygens (including phenoxy) is 1. The SMILES string of the molecule is CCCn1cc(C(=O)N2CCOC(C(=O)O)C2)cn1. The van der Waals surface area contributed by atoms with E-state index in [1.807, 2.05) is 6.92 Å². The van der Waals surface area contributed by atoms with Crippen molar-refractivity contribution in [1.82, 2.24) is 14.7 Å². The molecule has 1 aliphatic rings. The van der Waals surface area contributed by atoms with Crippen LogP contribution < -0.4 is 0 Å². The van der Waals surface area contributed by atoms with E-state index in [9.17, 15) is 9.59 Å². The lowest BCUT2D eigenvalue weighted by Crippen LogP contribution is -2.48. The van der Waals surface area contributed by atoms with Gasteiger partial charge in [0.25, 0.3) is 5.91 Å². The molecule has 1 aliphatic heterocycles. The van der Waals surface area contributed by atoms with Gasteiger partial charge in [-0.2, -0.15) is 5.10 Å². The lowest BCUT2D eigenvalue weighted by atomic mass is 10.2. The lowest BCUT2D eigenvalue weighted by Gasteiger charge is -2.30. The van der Waals surface area contributed by atoms with Crippen molar-refractivity contribution in [2.24, 2.45) is 0 Å². The summed E-state index contributed by atoms with van der Waals surface area (Å²) in [6.45, 7) is 3.51. The number of aromatic nitrogens is 2. The molecule has 1 atom stereocenters. The topological polar surface area (TPSA) is 84.7 Å². The van der Waals surface area contributed by atoms with Gasteiger partial charge in [-0.25, -0.2) is 4.79 Å². The number of rotatable bonds is 4. The molecule has 0 saturated carbocycles. The van der Waals surface area contributed by atoms with Gasteiger partial charge in [-0.1, -0.05) is 6.92 Å². The second-order valence-corrected chi connectivity index (χ2v) is 4.44. The Morgan fingerprint density at radius 3 is 3.05 bits per heavy atom. The zero-order chi connectivity index (χ0) is 13.8. The number of amides is 1. The molecule has 104 valence electrons. The number of morpholine rings is 1. The molecule has 19 heavy (non-hydrogen) atoms. The van der Waals surface area contributed by atoms with Crippen LogP contribution in [0.25, 0.3) is 0 Å². The normalized spacial score (nSPS) is 19.4. The van der Waals surface area contributed by atoms with Crippen LogP contribution in [0.1, 0.15) is 23.7 Å². The number of hydrogen-bond donors (Lipinski definition) is 1. The first-order valence-electron chi connectivity index (χ1n) is 6.28. The maximum absolute atomic E-state index is 12.2. The minimum absolute atomic E-state index is 0.0765. The second kappa shape index (κ2) is 5.83. The molecule has 7 nitrogen and oxygen atoms in total. The van der Waals surface area contributed by atoms with Crippen molar-refractivity contribution in [1.29, 1.82) is 0 Å². The first-order chi connectivity index (χ1) is 9.11. The van der Waals surface area contributed by atoms with Gasteiger partial charge in [0.1, 0.15) is 0 Å². The quantitative estimate of drug-likeness (QED) is 0.843. The summed E-state index contributed by atoms with van der Waals surface area (Å²) in [5.74, 6) is -1.24. The molecule has 2 heterocycles. The van der Waals surface area contributed by atoms with Gasteiger partial charge in [0.15, 0.2) is 6.10 Å². The predicted octanol–water partition coefficient (Wildman–Crippen LogP) is 0.219. The molecule has 0 radical (unpaired) electrons. The predicted molar refractivity (Wildman–Crippen MR) is 65.8 cm³/mol. The summed E-state index contributed by atoms with van der Waals surface area (Å²) < 4.78 is 6.80. The van der Waals surface area contributed by atoms with E-state index in [1.54, 1.807) is 10.9 Å². The maximum atomic E-state index is 12.2. The molecule has 1 saturated heterocycles. The highest BCUT2D eigenvalue weighted by molar-refractivity contribution is 5.94. The molecule has 1 amide bonds. The number of carbonyl (C=O) groups excluding carboxylic acids is 1. The van der Waals surface area contributed by atoms with E-state index in [-0.39, 0.29) is 19.1 Å². The second-order valence-electron chi connectivity index (χ2n) is 4.44. The third-order valence-corrected chi connectivity index (χ3v) is 2.96. The van der Waals surface area contributed by atoms with Crippen LogP contribution >= 0.6 is 0 Å². The lowest BCUT2D eigenvalue weighted by molar-refractivity contribution is -0.154. The van der Waals surface area contributed by atoms with E-state index in [0.29, 0.717) is 12.1 Å². The average Bonchev–Trinajstić information content (AvgIpc) is 2.87. The van der Waals surface area contributed by atoms with Crippen molar-refractivity contribution in [3.05, 3.63) is 18.0 Å². The highest BCUT2D eigenvalue weighted by Gasteiger charge is 2.29. The van der Waals surface area contributed by atoms with Crippen LogP contribution in [0.15, 0.2) is 12.4 Å². The van der Waals surface area contributed by atoms with Gasteiger partial charge in [0, 0.05) is 19.3 Å². The number of aryl methyl sites for hydroxylation is 1. The van der Waals surface area contributed by atoms with Crippen molar-refractivity contribution in [2.45, 2.75) is 26.0 Å². The third kappa shape index (κ3) is 3.11. The van der Waals surface area contributed by atoms with Crippen molar-refractivity contribution < 1.29 is 19.4 Å². The molecule has 0 spiro atoms. The molecule has 0 aliphatic carbocycles. The number of carboxylic acid groups (broad SMARTS) is 1. The number of carbonyl (C=O) groups is 2. The van der Waals surface area contributed by atoms with E-state index in [4.69, 9.17) is 9.84 Å². The third-order valence-electron chi connectivity index (χ3n) is 2.96. The summed E-state index contributed by atoms with van der Waals surface area (Å²) in [4.78, 5) is 24.6. The average molecular weight is 267 g/mol. The summed E-state index contributed by atoms with van der Waals surface area (Å²) in [5.41, 5.74) is 0.486. The van der Waals surface area contributed by atoms with Gasteiger partial charge in [-0.05, 0) is 6.42 Å². The van der Waals surface area contributed by atoms with E-state index in [2.05, 4.69) is 5.10 Å². The first kappa shape index (κ1) is 13.5. The molecule has 1 fully saturated rings. The van der Waals surface area contributed by atoms with E-state index < -0.39 is 12.1 Å². The Labute approximate surface area is 110 Å². The molecular weight excluding hydrogens is 250 g/mol. The Morgan fingerprint density at radius 2 is 2.37 bits per heavy atom. The Kier molecular flexibility index (Phi) is 4.16. The minimum Gasteiger partial charge on any atom is -0.479 e. The molecule has 0 aromatic carbocycles. The smallest absolute Gasteiger partial charge is 0.334 e. The molecule has 1 aromatic rings. The Balaban J connectivity index is 2.03. The zero-order valence-electron chi connectivity index (χ0n) is 10.8. The zero-order valence-corrected chi connectivity index (χ0v) is 10.8. The largest absolute Gasteiger partial charge is 0.479 e. The van der Waals surface area contributed by atoms with Crippen molar-refractivity contribution in [2.75, 3.05) is 19.7 Å². The maximum Gasteiger partial charge on any atom is 0.334 e. The Bertz CT molecular complexity index is 471. The van der Waals surface area contributed by atoms with Crippen molar-refractivity contribution in [3.8, 4) is 0 Å². The van der Waals surface area contributed by atoms with Gasteiger partial charge < -0.3 is 14.7 Å². The van der Waals surface area contributed by atoms with Crippen molar-refractivity contribution in [3.63, 3.8) is 0 Å². The molecule has 1 N–H and O–H groups in total. The van der Waals surface area contributed by atoms with Gasteiger partial charge >= 0.3 is 5.97 Å². The summed E-state index contributed by atoms with van der Waals surface area (Å²) in [5, 5.41) is 13.0. The Hall–Kier alpha value is -1.89. The standard InChI is InChI=1S/C12H17N3O4/c1-2-3-15-7-9(6-13-15)11(16)14-4-5-19-10(8-14)12(17)18/h6-7,10H,2-5,8H2,1H3,(H,17,18). The van der Waals surface area contributed by atoms with Gasteiger partial charge in [-0.3, -0.25) is 9.48 Å².